The SMILES string of the molecule is CC(OCc1ccccc1)[C@H](CO)NS(=O)(=O)c1ccc(Cl)s1. The van der Waals surface area contributed by atoms with Crippen LogP contribution in [-0.4, -0.2) is 32.3 Å². The number of sulfonamides is 1. The highest BCUT2D eigenvalue weighted by atomic mass is 35.5. The summed E-state index contributed by atoms with van der Waals surface area (Å²) in [6, 6.07) is 11.7. The van der Waals surface area contributed by atoms with Gasteiger partial charge in [-0.25, -0.2) is 13.1 Å². The van der Waals surface area contributed by atoms with E-state index in [4.69, 9.17) is 16.3 Å². The number of thiophene rings is 1. The van der Waals surface area contributed by atoms with Gasteiger partial charge in [-0.05, 0) is 24.6 Å². The third-order valence-corrected chi connectivity index (χ3v) is 6.45. The van der Waals surface area contributed by atoms with E-state index >= 15 is 0 Å². The topological polar surface area (TPSA) is 75.6 Å². The summed E-state index contributed by atoms with van der Waals surface area (Å²) < 4.78 is 33.1. The van der Waals surface area contributed by atoms with Gasteiger partial charge in [-0.1, -0.05) is 41.9 Å². The fraction of sp³-hybridized carbons (Fsp3) is 0.333. The van der Waals surface area contributed by atoms with Crippen LogP contribution in [0.5, 0.6) is 0 Å². The van der Waals surface area contributed by atoms with E-state index in [1.165, 1.54) is 12.1 Å². The summed E-state index contributed by atoms with van der Waals surface area (Å²) in [5.74, 6) is 0. The first-order chi connectivity index (χ1) is 10.9. The van der Waals surface area contributed by atoms with E-state index < -0.39 is 22.2 Å². The van der Waals surface area contributed by atoms with Gasteiger partial charge in [0.15, 0.2) is 0 Å². The van der Waals surface area contributed by atoms with Crippen molar-refractivity contribution in [2.24, 2.45) is 0 Å². The average molecular weight is 376 g/mol. The molecule has 1 heterocycles. The standard InChI is InChI=1S/C15H18ClNO4S2/c1-11(21-10-12-5-3-2-4-6-12)13(9-18)17-23(19,20)15-8-7-14(16)22-15/h2-8,11,13,17-18H,9-10H2,1H3/t11?,13-/m0/s1. The third kappa shape index (κ3) is 5.27. The van der Waals surface area contributed by atoms with Crippen LogP contribution in [0.2, 0.25) is 4.34 Å². The van der Waals surface area contributed by atoms with E-state index in [9.17, 15) is 13.5 Å². The van der Waals surface area contributed by atoms with Gasteiger partial charge in [-0.15, -0.1) is 11.3 Å². The van der Waals surface area contributed by atoms with E-state index in [2.05, 4.69) is 4.72 Å². The van der Waals surface area contributed by atoms with Crippen LogP contribution in [0, 0.1) is 0 Å². The number of halogens is 1. The van der Waals surface area contributed by atoms with Gasteiger partial charge in [0.1, 0.15) is 4.21 Å². The fourth-order valence-corrected chi connectivity index (χ4v) is 4.69. The van der Waals surface area contributed by atoms with Gasteiger partial charge in [0.05, 0.1) is 29.7 Å². The molecule has 0 amide bonds. The lowest BCUT2D eigenvalue weighted by Crippen LogP contribution is -2.45. The second-order valence-electron chi connectivity index (χ2n) is 4.97. The second kappa shape index (κ2) is 8.23. The molecule has 0 fully saturated rings. The molecule has 0 aliphatic rings. The molecular weight excluding hydrogens is 358 g/mol. The summed E-state index contributed by atoms with van der Waals surface area (Å²) in [6.07, 6.45) is -0.495. The summed E-state index contributed by atoms with van der Waals surface area (Å²) in [5, 5.41) is 9.48. The van der Waals surface area contributed by atoms with Crippen LogP contribution in [0.1, 0.15) is 12.5 Å². The summed E-state index contributed by atoms with van der Waals surface area (Å²) in [5.41, 5.74) is 0.976. The van der Waals surface area contributed by atoms with E-state index in [0.29, 0.717) is 10.9 Å². The van der Waals surface area contributed by atoms with Crippen LogP contribution >= 0.6 is 22.9 Å². The highest BCUT2D eigenvalue weighted by Gasteiger charge is 2.25. The molecule has 126 valence electrons. The van der Waals surface area contributed by atoms with Crippen molar-refractivity contribution < 1.29 is 18.3 Å². The largest absolute Gasteiger partial charge is 0.395 e. The summed E-state index contributed by atoms with van der Waals surface area (Å²) in [4.78, 5) is 0. The van der Waals surface area contributed by atoms with Gasteiger partial charge < -0.3 is 9.84 Å². The van der Waals surface area contributed by atoms with Crippen LogP contribution in [0.3, 0.4) is 0 Å². The predicted molar refractivity (Wildman–Crippen MR) is 91.2 cm³/mol. The summed E-state index contributed by atoms with van der Waals surface area (Å²) >= 11 is 6.73. The van der Waals surface area contributed by atoms with Gasteiger partial charge in [0.2, 0.25) is 0 Å². The van der Waals surface area contributed by atoms with Crippen LogP contribution in [-0.2, 0) is 21.4 Å². The highest BCUT2D eigenvalue weighted by Crippen LogP contribution is 2.25. The Bertz CT molecular complexity index is 718. The maximum absolute atomic E-state index is 12.3. The Labute approximate surface area is 144 Å². The molecule has 2 rings (SSSR count). The molecule has 0 spiro atoms. The van der Waals surface area contributed by atoms with Gasteiger partial charge in [-0.3, -0.25) is 0 Å². The number of ether oxygens (including phenoxy) is 1. The average Bonchev–Trinajstić information content (AvgIpc) is 2.99. The zero-order valence-corrected chi connectivity index (χ0v) is 14.9. The molecule has 1 unspecified atom stereocenters. The molecule has 1 aromatic heterocycles. The lowest BCUT2D eigenvalue weighted by molar-refractivity contribution is 0.0180. The van der Waals surface area contributed by atoms with Gasteiger partial charge in [0.25, 0.3) is 10.0 Å². The molecule has 0 saturated heterocycles. The van der Waals surface area contributed by atoms with Crippen LogP contribution in [0.15, 0.2) is 46.7 Å². The first kappa shape index (κ1) is 18.4. The lowest BCUT2D eigenvalue weighted by atomic mass is 10.2. The Balaban J connectivity index is 1.98. The quantitative estimate of drug-likeness (QED) is 0.743. The smallest absolute Gasteiger partial charge is 0.250 e. The number of aliphatic hydroxyl groups excluding tert-OH is 1. The Morgan fingerprint density at radius 2 is 1.96 bits per heavy atom. The maximum Gasteiger partial charge on any atom is 0.250 e. The van der Waals surface area contributed by atoms with Gasteiger partial charge >= 0.3 is 0 Å². The lowest BCUT2D eigenvalue weighted by Gasteiger charge is -2.23. The van der Waals surface area contributed by atoms with Crippen LogP contribution in [0.4, 0.5) is 0 Å². The molecule has 23 heavy (non-hydrogen) atoms. The van der Waals surface area contributed by atoms with Crippen LogP contribution in [0.25, 0.3) is 0 Å². The van der Waals surface area contributed by atoms with Crippen molar-refractivity contribution in [2.45, 2.75) is 29.9 Å². The first-order valence-electron chi connectivity index (χ1n) is 6.96. The molecule has 5 nitrogen and oxygen atoms in total. The molecule has 2 N–H and O–H groups in total. The van der Waals surface area contributed by atoms with Gasteiger partial charge in [-0.2, -0.15) is 0 Å². The zero-order valence-electron chi connectivity index (χ0n) is 12.5. The number of rotatable bonds is 8. The van der Waals surface area contributed by atoms with E-state index in [1.54, 1.807) is 6.92 Å². The Morgan fingerprint density at radius 1 is 1.26 bits per heavy atom. The Kier molecular flexibility index (Phi) is 6.58. The molecule has 2 aromatic rings. The minimum atomic E-state index is -3.73. The minimum Gasteiger partial charge on any atom is -0.395 e. The van der Waals surface area contributed by atoms with Crippen molar-refractivity contribution in [2.75, 3.05) is 6.61 Å². The van der Waals surface area contributed by atoms with Crippen molar-refractivity contribution in [1.29, 1.82) is 0 Å². The van der Waals surface area contributed by atoms with Crippen molar-refractivity contribution in [1.82, 2.24) is 4.72 Å². The normalized spacial score (nSPS) is 14.6. The molecular formula is C15H18ClNO4S2. The Hall–Kier alpha value is -0.960. The van der Waals surface area contributed by atoms with E-state index in [-0.39, 0.29) is 10.8 Å². The van der Waals surface area contributed by atoms with Crippen molar-refractivity contribution >= 4 is 33.0 Å². The molecule has 0 saturated carbocycles. The number of benzene rings is 1. The zero-order chi connectivity index (χ0) is 16.9. The highest BCUT2D eigenvalue weighted by molar-refractivity contribution is 7.91. The number of hydrogen-bond donors (Lipinski definition) is 2. The maximum atomic E-state index is 12.3. The minimum absolute atomic E-state index is 0.108. The van der Waals surface area contributed by atoms with Crippen LogP contribution < -0.4 is 4.72 Å². The molecule has 8 heteroatoms. The summed E-state index contributed by atoms with van der Waals surface area (Å²) in [6.45, 7) is 1.69. The molecule has 0 bridgehead atoms. The van der Waals surface area contributed by atoms with Crippen molar-refractivity contribution in [3.8, 4) is 0 Å². The third-order valence-electron chi connectivity index (χ3n) is 3.24. The molecule has 2 atom stereocenters. The van der Waals surface area contributed by atoms with E-state index in [1.807, 2.05) is 30.3 Å². The predicted octanol–water partition coefficient (Wildman–Crippen LogP) is 2.65. The second-order valence-corrected chi connectivity index (χ2v) is 8.63. The van der Waals surface area contributed by atoms with Crippen molar-refractivity contribution in [3.63, 3.8) is 0 Å². The first-order valence-corrected chi connectivity index (χ1v) is 9.64. The van der Waals surface area contributed by atoms with Gasteiger partial charge in [0, 0.05) is 0 Å². The molecule has 0 aliphatic carbocycles. The number of nitrogens with one attached hydrogen (secondary N) is 1. The summed E-state index contributed by atoms with van der Waals surface area (Å²) in [7, 11) is -3.73. The van der Waals surface area contributed by atoms with Crippen molar-refractivity contribution in [3.05, 3.63) is 52.4 Å². The number of hydrogen-bond acceptors (Lipinski definition) is 5. The van der Waals surface area contributed by atoms with E-state index in [0.717, 1.165) is 16.9 Å². The molecule has 0 aliphatic heterocycles. The monoisotopic (exact) mass is 375 g/mol. The molecule has 0 radical (unpaired) electrons. The molecule has 1 aromatic carbocycles. The number of aliphatic hydroxyl groups is 1. The Morgan fingerprint density at radius 3 is 2.52 bits per heavy atom. The fourth-order valence-electron chi connectivity index (χ4n) is 1.90.